The zero-order valence-electron chi connectivity index (χ0n) is 11.3. The van der Waals surface area contributed by atoms with Crippen LogP contribution in [-0.2, 0) is 0 Å². The first-order valence-corrected chi connectivity index (χ1v) is 7.22. The van der Waals surface area contributed by atoms with Gasteiger partial charge in [-0.2, -0.15) is 0 Å². The van der Waals surface area contributed by atoms with Gasteiger partial charge in [-0.05, 0) is 18.8 Å². The molecule has 1 spiro atoms. The minimum Gasteiger partial charge on any atom is -0.311 e. The van der Waals surface area contributed by atoms with Gasteiger partial charge in [-0.3, -0.25) is 4.90 Å². The van der Waals surface area contributed by atoms with Gasteiger partial charge in [0.1, 0.15) is 6.67 Å². The molecule has 1 heterocycles. The van der Waals surface area contributed by atoms with E-state index in [1.54, 1.807) is 0 Å². The van der Waals surface area contributed by atoms with Gasteiger partial charge in [0.25, 0.3) is 0 Å². The molecule has 1 saturated carbocycles. The summed E-state index contributed by atoms with van der Waals surface area (Å²) in [6, 6.07) is 0.536. The zero-order valence-corrected chi connectivity index (χ0v) is 11.3. The summed E-state index contributed by atoms with van der Waals surface area (Å²) in [7, 11) is 0. The van der Waals surface area contributed by atoms with Crippen LogP contribution in [0.3, 0.4) is 0 Å². The molecule has 100 valence electrons. The molecule has 2 nitrogen and oxygen atoms in total. The lowest BCUT2D eigenvalue weighted by Gasteiger charge is -2.52. The summed E-state index contributed by atoms with van der Waals surface area (Å²) in [5, 5.41) is 3.70. The zero-order chi connectivity index (χ0) is 12.3. The van der Waals surface area contributed by atoms with Crippen LogP contribution in [0.25, 0.3) is 0 Å². The van der Waals surface area contributed by atoms with Crippen molar-refractivity contribution in [1.82, 2.24) is 10.2 Å². The molecule has 17 heavy (non-hydrogen) atoms. The van der Waals surface area contributed by atoms with E-state index in [9.17, 15) is 4.39 Å². The number of hydrogen-bond donors (Lipinski definition) is 1. The first-order chi connectivity index (χ1) is 8.18. The minimum atomic E-state index is -0.202. The number of piperazine rings is 1. The summed E-state index contributed by atoms with van der Waals surface area (Å²) in [5.41, 5.74) is 0.274. The average molecular weight is 242 g/mol. The summed E-state index contributed by atoms with van der Waals surface area (Å²) in [5.74, 6) is 0.637. The highest BCUT2D eigenvalue weighted by Crippen LogP contribution is 2.35. The molecule has 1 atom stereocenters. The molecule has 1 aliphatic heterocycles. The number of nitrogens with zero attached hydrogens (tertiary/aromatic N) is 1. The Balaban J connectivity index is 2.05. The molecule has 0 radical (unpaired) electrons. The molecule has 0 bridgehead atoms. The van der Waals surface area contributed by atoms with Crippen molar-refractivity contribution < 1.29 is 4.39 Å². The monoisotopic (exact) mass is 242 g/mol. The van der Waals surface area contributed by atoms with Crippen LogP contribution in [0.15, 0.2) is 0 Å². The van der Waals surface area contributed by atoms with Crippen LogP contribution in [0, 0.1) is 5.92 Å². The maximum atomic E-state index is 12.8. The van der Waals surface area contributed by atoms with Crippen molar-refractivity contribution in [3.63, 3.8) is 0 Å². The van der Waals surface area contributed by atoms with Crippen LogP contribution >= 0.6 is 0 Å². The lowest BCUT2D eigenvalue weighted by Crippen LogP contribution is -2.66. The van der Waals surface area contributed by atoms with Crippen LogP contribution in [-0.4, -0.2) is 42.8 Å². The van der Waals surface area contributed by atoms with E-state index >= 15 is 0 Å². The van der Waals surface area contributed by atoms with Crippen molar-refractivity contribution >= 4 is 0 Å². The number of rotatable bonds is 3. The van der Waals surface area contributed by atoms with Gasteiger partial charge in [-0.15, -0.1) is 0 Å². The predicted molar refractivity (Wildman–Crippen MR) is 70.0 cm³/mol. The second-order valence-electron chi connectivity index (χ2n) is 6.15. The van der Waals surface area contributed by atoms with Crippen LogP contribution in [0.4, 0.5) is 4.39 Å². The third-order valence-corrected chi connectivity index (χ3v) is 4.72. The Bertz CT molecular complexity index is 236. The molecule has 3 heteroatoms. The Hall–Kier alpha value is -0.150. The van der Waals surface area contributed by atoms with E-state index in [0.29, 0.717) is 18.5 Å². The van der Waals surface area contributed by atoms with E-state index < -0.39 is 0 Å². The van der Waals surface area contributed by atoms with Gasteiger partial charge in [0, 0.05) is 31.2 Å². The van der Waals surface area contributed by atoms with Gasteiger partial charge in [-0.25, -0.2) is 4.39 Å². The summed E-state index contributed by atoms with van der Waals surface area (Å²) in [4.78, 5) is 2.45. The molecular formula is C14H27FN2. The van der Waals surface area contributed by atoms with E-state index in [4.69, 9.17) is 0 Å². The maximum absolute atomic E-state index is 12.8. The Morgan fingerprint density at radius 3 is 2.59 bits per heavy atom. The van der Waals surface area contributed by atoms with Gasteiger partial charge in [-0.1, -0.05) is 33.1 Å². The molecular weight excluding hydrogens is 215 g/mol. The standard InChI is InChI=1S/C14H27FN2/c1-12(2)13-10-17(9-8-15)14(11-16-13)6-4-3-5-7-14/h12-13,16H,3-11H2,1-2H3. The fourth-order valence-electron chi connectivity index (χ4n) is 3.51. The molecule has 1 saturated heterocycles. The van der Waals surface area contributed by atoms with Gasteiger partial charge in [0.15, 0.2) is 0 Å². The molecule has 0 aromatic rings. The molecule has 2 rings (SSSR count). The average Bonchev–Trinajstić information content (AvgIpc) is 2.33. The largest absolute Gasteiger partial charge is 0.311 e. The molecule has 0 amide bonds. The smallest absolute Gasteiger partial charge is 0.102 e. The van der Waals surface area contributed by atoms with E-state index in [2.05, 4.69) is 24.1 Å². The van der Waals surface area contributed by atoms with E-state index in [0.717, 1.165) is 13.1 Å². The van der Waals surface area contributed by atoms with Crippen molar-refractivity contribution in [2.75, 3.05) is 26.3 Å². The summed E-state index contributed by atoms with van der Waals surface area (Å²) in [6.07, 6.45) is 6.50. The quantitative estimate of drug-likeness (QED) is 0.818. The number of alkyl halides is 1. The van der Waals surface area contributed by atoms with Crippen molar-refractivity contribution in [3.8, 4) is 0 Å². The van der Waals surface area contributed by atoms with Crippen LogP contribution in [0.2, 0.25) is 0 Å². The Kier molecular flexibility index (Phi) is 4.42. The highest BCUT2D eigenvalue weighted by Gasteiger charge is 2.42. The molecule has 2 aliphatic rings. The summed E-state index contributed by atoms with van der Waals surface area (Å²) < 4.78 is 12.8. The van der Waals surface area contributed by atoms with Crippen molar-refractivity contribution in [2.45, 2.75) is 57.5 Å². The molecule has 2 fully saturated rings. The normalized spacial score (nSPS) is 30.0. The Morgan fingerprint density at radius 1 is 1.29 bits per heavy atom. The highest BCUT2D eigenvalue weighted by molar-refractivity contribution is 5.00. The van der Waals surface area contributed by atoms with E-state index in [1.165, 1.54) is 32.1 Å². The van der Waals surface area contributed by atoms with E-state index in [1.807, 2.05) is 0 Å². The maximum Gasteiger partial charge on any atom is 0.102 e. The second kappa shape index (κ2) is 5.66. The van der Waals surface area contributed by atoms with Crippen molar-refractivity contribution in [2.24, 2.45) is 5.92 Å². The van der Waals surface area contributed by atoms with Crippen molar-refractivity contribution in [3.05, 3.63) is 0 Å². The SMILES string of the molecule is CC(C)C1CN(CCF)C2(CCCCC2)CN1. The first-order valence-electron chi connectivity index (χ1n) is 7.22. The van der Waals surface area contributed by atoms with Gasteiger partial charge in [0.2, 0.25) is 0 Å². The third kappa shape index (κ3) is 2.82. The summed E-state index contributed by atoms with van der Waals surface area (Å²) in [6.45, 7) is 7.03. The lowest BCUT2D eigenvalue weighted by molar-refractivity contribution is -0.00126. The topological polar surface area (TPSA) is 15.3 Å². The molecule has 1 N–H and O–H groups in total. The number of halogens is 1. The molecule has 0 aromatic carbocycles. The highest BCUT2D eigenvalue weighted by atomic mass is 19.1. The number of nitrogens with one attached hydrogen (secondary N) is 1. The molecule has 1 unspecified atom stereocenters. The second-order valence-corrected chi connectivity index (χ2v) is 6.15. The summed E-state index contributed by atoms with van der Waals surface area (Å²) >= 11 is 0. The molecule has 0 aromatic heterocycles. The van der Waals surface area contributed by atoms with Crippen LogP contribution < -0.4 is 5.32 Å². The fraction of sp³-hybridized carbons (Fsp3) is 1.00. The van der Waals surface area contributed by atoms with Gasteiger partial charge in [0.05, 0.1) is 0 Å². The van der Waals surface area contributed by atoms with Crippen LogP contribution in [0.5, 0.6) is 0 Å². The van der Waals surface area contributed by atoms with Gasteiger partial charge >= 0.3 is 0 Å². The van der Waals surface area contributed by atoms with Crippen molar-refractivity contribution in [1.29, 1.82) is 0 Å². The molecule has 1 aliphatic carbocycles. The minimum absolute atomic E-state index is 0.202. The van der Waals surface area contributed by atoms with Gasteiger partial charge < -0.3 is 5.32 Å². The van der Waals surface area contributed by atoms with Crippen LogP contribution in [0.1, 0.15) is 46.0 Å². The predicted octanol–water partition coefficient (Wildman–Crippen LogP) is 2.59. The number of hydrogen-bond acceptors (Lipinski definition) is 2. The Morgan fingerprint density at radius 2 is 2.00 bits per heavy atom. The lowest BCUT2D eigenvalue weighted by atomic mass is 9.77. The fourth-order valence-corrected chi connectivity index (χ4v) is 3.51. The van der Waals surface area contributed by atoms with E-state index in [-0.39, 0.29) is 12.2 Å². The first kappa shape index (κ1) is 13.3. The third-order valence-electron chi connectivity index (χ3n) is 4.72. The Labute approximate surface area is 105 Å².